The average molecular weight is 314 g/mol. The third-order valence-electron chi connectivity index (χ3n) is 3.26. The van der Waals surface area contributed by atoms with Crippen LogP contribution in [0.3, 0.4) is 0 Å². The first kappa shape index (κ1) is 16.5. The number of nitrogens with one attached hydrogen (secondary N) is 1. The first-order valence-electron chi connectivity index (χ1n) is 7.24. The molecule has 0 atom stereocenters. The molecule has 1 N–H and O–H groups in total. The number of carbonyl (C=O) groups excluding carboxylic acids is 1. The molecule has 6 heteroatoms. The van der Waals surface area contributed by atoms with Gasteiger partial charge in [0.1, 0.15) is 5.75 Å². The summed E-state index contributed by atoms with van der Waals surface area (Å²) in [6.07, 6.45) is 0.225. The van der Waals surface area contributed by atoms with Gasteiger partial charge in [0.15, 0.2) is 0 Å². The van der Waals surface area contributed by atoms with E-state index in [4.69, 9.17) is 4.74 Å². The van der Waals surface area contributed by atoms with Gasteiger partial charge in [-0.05, 0) is 24.6 Å². The maximum Gasteiger partial charge on any atom is 0.269 e. The molecule has 6 nitrogen and oxygen atoms in total. The van der Waals surface area contributed by atoms with Crippen LogP contribution in [0.25, 0.3) is 0 Å². The number of non-ortho nitro benzene ring substituents is 1. The topological polar surface area (TPSA) is 81.5 Å². The van der Waals surface area contributed by atoms with Crippen molar-refractivity contribution in [3.63, 3.8) is 0 Å². The van der Waals surface area contributed by atoms with E-state index in [1.807, 2.05) is 31.2 Å². The molecule has 0 saturated carbocycles. The summed E-state index contributed by atoms with van der Waals surface area (Å²) in [5.74, 6) is 0.398. The van der Waals surface area contributed by atoms with Crippen LogP contribution in [0.4, 0.5) is 5.69 Å². The van der Waals surface area contributed by atoms with E-state index in [1.165, 1.54) is 29.8 Å². The molecule has 0 bridgehead atoms. The molecule has 0 aliphatic heterocycles. The minimum atomic E-state index is -0.470. The number of nitro groups is 1. The van der Waals surface area contributed by atoms with E-state index in [0.29, 0.717) is 12.3 Å². The summed E-state index contributed by atoms with van der Waals surface area (Å²) in [6.45, 7) is 2.71. The average Bonchev–Trinajstić information content (AvgIpc) is 2.55. The van der Waals surface area contributed by atoms with Gasteiger partial charge in [0.2, 0.25) is 5.91 Å². The van der Waals surface area contributed by atoms with Crippen LogP contribution in [0.2, 0.25) is 0 Å². The third kappa shape index (κ3) is 5.43. The summed E-state index contributed by atoms with van der Waals surface area (Å²) in [5, 5.41) is 13.4. The SMILES string of the molecule is Cc1ccc(CNC(=O)CCOc2ccc([N+](=O)[O-])cc2)cc1. The zero-order valence-electron chi connectivity index (χ0n) is 12.8. The molecule has 0 heterocycles. The molecular formula is C17H18N2O4. The summed E-state index contributed by atoms with van der Waals surface area (Å²) >= 11 is 0. The van der Waals surface area contributed by atoms with E-state index < -0.39 is 4.92 Å². The predicted octanol–water partition coefficient (Wildman–Crippen LogP) is 2.99. The smallest absolute Gasteiger partial charge is 0.269 e. The fourth-order valence-electron chi connectivity index (χ4n) is 1.92. The quantitative estimate of drug-likeness (QED) is 0.629. The molecule has 0 radical (unpaired) electrons. The number of nitrogens with zero attached hydrogens (tertiary/aromatic N) is 1. The molecule has 23 heavy (non-hydrogen) atoms. The van der Waals surface area contributed by atoms with E-state index in [-0.39, 0.29) is 24.6 Å². The molecule has 120 valence electrons. The Bertz CT molecular complexity index is 666. The number of carbonyl (C=O) groups is 1. The highest BCUT2D eigenvalue weighted by Gasteiger charge is 2.05. The summed E-state index contributed by atoms with van der Waals surface area (Å²) in [6, 6.07) is 13.7. The van der Waals surface area contributed by atoms with E-state index in [2.05, 4.69) is 5.32 Å². The Balaban J connectivity index is 1.70. The number of benzene rings is 2. The normalized spacial score (nSPS) is 10.1. The van der Waals surface area contributed by atoms with Gasteiger partial charge in [-0.1, -0.05) is 29.8 Å². The highest BCUT2D eigenvalue weighted by molar-refractivity contribution is 5.76. The summed E-state index contributed by atoms with van der Waals surface area (Å²) in [7, 11) is 0. The molecule has 0 saturated heterocycles. The monoisotopic (exact) mass is 314 g/mol. The van der Waals surface area contributed by atoms with E-state index in [0.717, 1.165) is 5.56 Å². The fraction of sp³-hybridized carbons (Fsp3) is 0.235. The summed E-state index contributed by atoms with van der Waals surface area (Å²) in [5.41, 5.74) is 2.23. The van der Waals surface area contributed by atoms with Crippen molar-refractivity contribution in [1.82, 2.24) is 5.32 Å². The molecule has 0 fully saturated rings. The number of ether oxygens (including phenoxy) is 1. The summed E-state index contributed by atoms with van der Waals surface area (Å²) < 4.78 is 5.40. The highest BCUT2D eigenvalue weighted by atomic mass is 16.6. The lowest BCUT2D eigenvalue weighted by molar-refractivity contribution is -0.384. The van der Waals surface area contributed by atoms with Crippen LogP contribution in [0.15, 0.2) is 48.5 Å². The number of rotatable bonds is 7. The molecule has 0 aliphatic rings. The number of nitro benzene ring substituents is 1. The van der Waals surface area contributed by atoms with Crippen molar-refractivity contribution in [3.8, 4) is 5.75 Å². The number of hydrogen-bond acceptors (Lipinski definition) is 4. The highest BCUT2D eigenvalue weighted by Crippen LogP contribution is 2.17. The first-order chi connectivity index (χ1) is 11.0. The van der Waals surface area contributed by atoms with Crippen molar-refractivity contribution >= 4 is 11.6 Å². The van der Waals surface area contributed by atoms with Gasteiger partial charge >= 0.3 is 0 Å². The van der Waals surface area contributed by atoms with E-state index in [9.17, 15) is 14.9 Å². The largest absolute Gasteiger partial charge is 0.493 e. The van der Waals surface area contributed by atoms with Crippen LogP contribution in [0.5, 0.6) is 5.75 Å². The lowest BCUT2D eigenvalue weighted by Gasteiger charge is -2.07. The van der Waals surface area contributed by atoms with Gasteiger partial charge in [-0.25, -0.2) is 0 Å². The molecule has 2 aromatic rings. The molecular weight excluding hydrogens is 296 g/mol. The van der Waals surface area contributed by atoms with Crippen LogP contribution in [-0.2, 0) is 11.3 Å². The van der Waals surface area contributed by atoms with Crippen LogP contribution >= 0.6 is 0 Å². The van der Waals surface area contributed by atoms with Crippen LogP contribution in [-0.4, -0.2) is 17.4 Å². The second-order valence-corrected chi connectivity index (χ2v) is 5.11. The number of aryl methyl sites for hydroxylation is 1. The molecule has 1 amide bonds. The van der Waals surface area contributed by atoms with Crippen molar-refractivity contribution in [2.24, 2.45) is 0 Å². The third-order valence-corrected chi connectivity index (χ3v) is 3.26. The van der Waals surface area contributed by atoms with Crippen molar-refractivity contribution < 1.29 is 14.5 Å². The Morgan fingerprint density at radius 3 is 2.39 bits per heavy atom. The van der Waals surface area contributed by atoms with Gasteiger partial charge in [0, 0.05) is 18.7 Å². The number of amides is 1. The minimum Gasteiger partial charge on any atom is -0.493 e. The van der Waals surface area contributed by atoms with Crippen molar-refractivity contribution in [2.45, 2.75) is 19.9 Å². The van der Waals surface area contributed by atoms with Crippen molar-refractivity contribution in [3.05, 3.63) is 69.8 Å². The van der Waals surface area contributed by atoms with Gasteiger partial charge in [0.05, 0.1) is 18.0 Å². The van der Waals surface area contributed by atoms with Crippen molar-refractivity contribution in [1.29, 1.82) is 0 Å². The molecule has 0 unspecified atom stereocenters. The summed E-state index contributed by atoms with van der Waals surface area (Å²) in [4.78, 5) is 21.8. The number of hydrogen-bond donors (Lipinski definition) is 1. The lowest BCUT2D eigenvalue weighted by Crippen LogP contribution is -2.24. The van der Waals surface area contributed by atoms with E-state index in [1.54, 1.807) is 0 Å². The second-order valence-electron chi connectivity index (χ2n) is 5.11. The van der Waals surface area contributed by atoms with Gasteiger partial charge in [-0.3, -0.25) is 14.9 Å². The van der Waals surface area contributed by atoms with Gasteiger partial charge in [-0.15, -0.1) is 0 Å². The Labute approximate surface area is 134 Å². The standard InChI is InChI=1S/C17H18N2O4/c1-13-2-4-14(5-3-13)12-18-17(20)10-11-23-16-8-6-15(7-9-16)19(21)22/h2-9H,10-12H2,1H3,(H,18,20). The van der Waals surface area contributed by atoms with Crippen LogP contribution in [0.1, 0.15) is 17.5 Å². The Kier molecular flexibility index (Phi) is 5.68. The van der Waals surface area contributed by atoms with Gasteiger partial charge in [0.25, 0.3) is 5.69 Å². The maximum atomic E-state index is 11.7. The molecule has 0 aliphatic carbocycles. The Morgan fingerprint density at radius 2 is 1.78 bits per heavy atom. The molecule has 0 aromatic heterocycles. The Morgan fingerprint density at radius 1 is 1.13 bits per heavy atom. The fourth-order valence-corrected chi connectivity index (χ4v) is 1.92. The predicted molar refractivity (Wildman–Crippen MR) is 86.2 cm³/mol. The Hall–Kier alpha value is -2.89. The maximum absolute atomic E-state index is 11.7. The van der Waals surface area contributed by atoms with Crippen molar-refractivity contribution in [2.75, 3.05) is 6.61 Å². The zero-order valence-corrected chi connectivity index (χ0v) is 12.8. The zero-order chi connectivity index (χ0) is 16.7. The molecule has 2 aromatic carbocycles. The molecule has 0 spiro atoms. The van der Waals surface area contributed by atoms with Crippen LogP contribution in [0, 0.1) is 17.0 Å². The van der Waals surface area contributed by atoms with Gasteiger partial charge < -0.3 is 10.1 Å². The van der Waals surface area contributed by atoms with Gasteiger partial charge in [-0.2, -0.15) is 0 Å². The van der Waals surface area contributed by atoms with E-state index >= 15 is 0 Å². The van der Waals surface area contributed by atoms with Crippen LogP contribution < -0.4 is 10.1 Å². The molecule has 2 rings (SSSR count). The lowest BCUT2D eigenvalue weighted by atomic mass is 10.1. The first-order valence-corrected chi connectivity index (χ1v) is 7.24. The minimum absolute atomic E-state index is 0.00758. The second kappa shape index (κ2) is 7.93.